The molecule has 0 unspecified atom stereocenters. The summed E-state index contributed by atoms with van der Waals surface area (Å²) in [6.45, 7) is 4.80. The minimum absolute atomic E-state index is 0.0295. The van der Waals surface area contributed by atoms with Crippen LogP contribution in [0.1, 0.15) is 45.6 Å². The zero-order valence-corrected chi connectivity index (χ0v) is 18.6. The summed E-state index contributed by atoms with van der Waals surface area (Å²) in [5.74, 6) is -4.16. The summed E-state index contributed by atoms with van der Waals surface area (Å²) in [4.78, 5) is 50.4. The highest BCUT2D eigenvalue weighted by Crippen LogP contribution is 2.25. The molecule has 1 aromatic rings. The molecule has 1 heterocycles. The number of likely N-dealkylation sites (tertiary alicyclic amines) is 1. The Kier molecular flexibility index (Phi) is 8.68. The molecular formula is C22H29F2N3O5. The van der Waals surface area contributed by atoms with Crippen molar-refractivity contribution in [2.75, 3.05) is 7.11 Å². The number of rotatable bonds is 9. The molecule has 1 fully saturated rings. The lowest BCUT2D eigenvalue weighted by Gasteiger charge is -2.27. The van der Waals surface area contributed by atoms with Crippen molar-refractivity contribution in [2.45, 2.75) is 64.7 Å². The van der Waals surface area contributed by atoms with Gasteiger partial charge in [0.1, 0.15) is 12.1 Å². The predicted molar refractivity (Wildman–Crippen MR) is 111 cm³/mol. The summed E-state index contributed by atoms with van der Waals surface area (Å²) < 4.78 is 32.1. The van der Waals surface area contributed by atoms with Crippen LogP contribution in [-0.4, -0.2) is 53.8 Å². The Morgan fingerprint density at radius 1 is 1.19 bits per heavy atom. The molecule has 0 spiro atoms. The Hall–Kier alpha value is -3.04. The minimum atomic E-state index is -1.02. The quantitative estimate of drug-likeness (QED) is 0.554. The SMILES string of the molecule is COC(=O)[C@H](C)NC(=O)[C@@H](NC(=O)C[C@@H]1CCC(=O)N1Cc1cccc(F)c1F)C(C)C. The molecule has 1 aliphatic rings. The first-order chi connectivity index (χ1) is 15.0. The lowest BCUT2D eigenvalue weighted by molar-refractivity contribution is -0.145. The number of amides is 3. The van der Waals surface area contributed by atoms with E-state index < -0.39 is 47.5 Å². The van der Waals surface area contributed by atoms with Crippen LogP contribution < -0.4 is 10.6 Å². The average molecular weight is 453 g/mol. The van der Waals surface area contributed by atoms with Gasteiger partial charge in [0.05, 0.1) is 7.11 Å². The summed E-state index contributed by atoms with van der Waals surface area (Å²) in [5.41, 5.74) is 0.0295. The van der Waals surface area contributed by atoms with Gasteiger partial charge in [-0.1, -0.05) is 26.0 Å². The van der Waals surface area contributed by atoms with Gasteiger partial charge in [0.2, 0.25) is 17.7 Å². The number of methoxy groups -OCH3 is 1. The van der Waals surface area contributed by atoms with Gasteiger partial charge in [-0.15, -0.1) is 0 Å². The first-order valence-corrected chi connectivity index (χ1v) is 10.4. The summed E-state index contributed by atoms with van der Waals surface area (Å²) in [5, 5.41) is 5.15. The molecule has 1 aromatic carbocycles. The third-order valence-corrected chi connectivity index (χ3v) is 5.42. The maximum Gasteiger partial charge on any atom is 0.328 e. The third kappa shape index (κ3) is 6.24. The fourth-order valence-electron chi connectivity index (χ4n) is 3.60. The molecule has 0 bridgehead atoms. The van der Waals surface area contributed by atoms with Crippen molar-refractivity contribution in [3.63, 3.8) is 0 Å². The minimum Gasteiger partial charge on any atom is -0.467 e. The highest BCUT2D eigenvalue weighted by atomic mass is 19.2. The van der Waals surface area contributed by atoms with Crippen LogP contribution >= 0.6 is 0 Å². The molecule has 3 atom stereocenters. The van der Waals surface area contributed by atoms with E-state index in [4.69, 9.17) is 0 Å². The smallest absolute Gasteiger partial charge is 0.328 e. The van der Waals surface area contributed by atoms with E-state index >= 15 is 0 Å². The number of halogens is 2. The lowest BCUT2D eigenvalue weighted by Crippen LogP contribution is -2.53. The van der Waals surface area contributed by atoms with Gasteiger partial charge < -0.3 is 20.3 Å². The summed E-state index contributed by atoms with van der Waals surface area (Å²) in [7, 11) is 1.21. The topological polar surface area (TPSA) is 105 Å². The van der Waals surface area contributed by atoms with E-state index in [9.17, 15) is 28.0 Å². The Morgan fingerprint density at radius 2 is 1.88 bits per heavy atom. The number of esters is 1. The zero-order valence-electron chi connectivity index (χ0n) is 18.6. The number of nitrogens with one attached hydrogen (secondary N) is 2. The highest BCUT2D eigenvalue weighted by Gasteiger charge is 2.34. The molecule has 0 aliphatic carbocycles. The van der Waals surface area contributed by atoms with Crippen LogP contribution in [0.25, 0.3) is 0 Å². The van der Waals surface area contributed by atoms with E-state index in [1.807, 2.05) is 0 Å². The molecule has 176 valence electrons. The number of carbonyl (C=O) groups is 4. The third-order valence-electron chi connectivity index (χ3n) is 5.42. The van der Waals surface area contributed by atoms with Crippen molar-refractivity contribution in [3.05, 3.63) is 35.4 Å². The molecular weight excluding hydrogens is 424 g/mol. The van der Waals surface area contributed by atoms with Crippen molar-refractivity contribution in [2.24, 2.45) is 5.92 Å². The first kappa shape index (κ1) is 25.2. The number of hydrogen-bond acceptors (Lipinski definition) is 5. The maximum atomic E-state index is 14.0. The normalized spacial score (nSPS) is 17.8. The number of hydrogen-bond donors (Lipinski definition) is 2. The monoisotopic (exact) mass is 453 g/mol. The van der Waals surface area contributed by atoms with Gasteiger partial charge in [0.15, 0.2) is 11.6 Å². The predicted octanol–water partition coefficient (Wildman–Crippen LogP) is 1.66. The molecule has 2 rings (SSSR count). The van der Waals surface area contributed by atoms with Crippen LogP contribution in [0.4, 0.5) is 8.78 Å². The zero-order chi connectivity index (χ0) is 24.0. The van der Waals surface area contributed by atoms with Crippen molar-refractivity contribution < 1.29 is 32.7 Å². The number of carbonyl (C=O) groups excluding carboxylic acids is 4. The van der Waals surface area contributed by atoms with E-state index in [0.717, 1.165) is 6.07 Å². The van der Waals surface area contributed by atoms with E-state index in [0.29, 0.717) is 6.42 Å². The van der Waals surface area contributed by atoms with Crippen molar-refractivity contribution in [3.8, 4) is 0 Å². The van der Waals surface area contributed by atoms with Crippen LogP contribution in [0.2, 0.25) is 0 Å². The Morgan fingerprint density at radius 3 is 2.50 bits per heavy atom. The second-order valence-electron chi connectivity index (χ2n) is 8.17. The Balaban J connectivity index is 2.03. The maximum absolute atomic E-state index is 14.0. The van der Waals surface area contributed by atoms with Gasteiger partial charge >= 0.3 is 5.97 Å². The molecule has 3 amide bonds. The molecule has 0 aromatic heterocycles. The van der Waals surface area contributed by atoms with Gasteiger partial charge in [0, 0.05) is 31.0 Å². The molecule has 8 nitrogen and oxygen atoms in total. The van der Waals surface area contributed by atoms with Crippen molar-refractivity contribution in [1.82, 2.24) is 15.5 Å². The number of nitrogens with zero attached hydrogens (tertiary/aromatic N) is 1. The number of benzene rings is 1. The second kappa shape index (κ2) is 11.0. The van der Waals surface area contributed by atoms with E-state index in [1.165, 1.54) is 31.1 Å². The van der Waals surface area contributed by atoms with Crippen LogP contribution in [0.5, 0.6) is 0 Å². The fraction of sp³-hybridized carbons (Fsp3) is 0.545. The summed E-state index contributed by atoms with van der Waals surface area (Å²) >= 11 is 0. The van der Waals surface area contributed by atoms with Crippen LogP contribution in [0.3, 0.4) is 0 Å². The van der Waals surface area contributed by atoms with Crippen molar-refractivity contribution in [1.29, 1.82) is 0 Å². The standard InChI is InChI=1S/C22H29F2N3O5/c1-12(2)20(21(30)25-13(3)22(31)32-4)26-17(28)10-15-8-9-18(29)27(15)11-14-6-5-7-16(23)19(14)24/h5-7,12-13,15,20H,8-11H2,1-4H3,(H,25,30)(H,26,28)/t13-,15-,20-/m0/s1. The number of ether oxygens (including phenoxy) is 1. The largest absolute Gasteiger partial charge is 0.467 e. The van der Waals surface area contributed by atoms with E-state index in [1.54, 1.807) is 13.8 Å². The second-order valence-corrected chi connectivity index (χ2v) is 8.17. The highest BCUT2D eigenvalue weighted by molar-refractivity contribution is 5.91. The van der Waals surface area contributed by atoms with Gasteiger partial charge in [0.25, 0.3) is 0 Å². The van der Waals surface area contributed by atoms with Crippen LogP contribution in [-0.2, 0) is 30.5 Å². The molecule has 0 saturated carbocycles. The first-order valence-electron chi connectivity index (χ1n) is 10.4. The molecule has 10 heteroatoms. The lowest BCUT2D eigenvalue weighted by atomic mass is 10.0. The van der Waals surface area contributed by atoms with Gasteiger partial charge in [-0.2, -0.15) is 0 Å². The molecule has 1 aliphatic heterocycles. The van der Waals surface area contributed by atoms with Gasteiger partial charge in [-0.05, 0) is 25.3 Å². The van der Waals surface area contributed by atoms with Crippen LogP contribution in [0, 0.1) is 17.6 Å². The molecule has 1 saturated heterocycles. The average Bonchev–Trinajstić information content (AvgIpc) is 3.07. The summed E-state index contributed by atoms with van der Waals surface area (Å²) in [6.07, 6.45) is 0.493. The van der Waals surface area contributed by atoms with E-state index in [2.05, 4.69) is 15.4 Å². The van der Waals surface area contributed by atoms with Crippen LogP contribution in [0.15, 0.2) is 18.2 Å². The van der Waals surface area contributed by atoms with E-state index in [-0.39, 0.29) is 36.8 Å². The molecule has 32 heavy (non-hydrogen) atoms. The Labute approximate surface area is 185 Å². The van der Waals surface area contributed by atoms with Gasteiger partial charge in [-0.25, -0.2) is 13.6 Å². The van der Waals surface area contributed by atoms with Crippen molar-refractivity contribution >= 4 is 23.7 Å². The Bertz CT molecular complexity index is 877. The summed E-state index contributed by atoms with van der Waals surface area (Å²) in [6, 6.07) is 1.46. The molecule has 2 N–H and O–H groups in total. The molecule has 0 radical (unpaired) electrons. The fourth-order valence-corrected chi connectivity index (χ4v) is 3.60. The van der Waals surface area contributed by atoms with Gasteiger partial charge in [-0.3, -0.25) is 14.4 Å².